The van der Waals surface area contributed by atoms with Crippen LogP contribution in [0.15, 0.2) is 28.7 Å². The van der Waals surface area contributed by atoms with Gasteiger partial charge in [0.25, 0.3) is 0 Å². The molecule has 3 rings (SSSR count). The largest absolute Gasteiger partial charge is 0.423 e. The smallest absolute Gasteiger partial charge is 0.302 e. The highest BCUT2D eigenvalue weighted by molar-refractivity contribution is 5.93. The number of amides is 1. The number of hydrogen-bond acceptors (Lipinski definition) is 4. The molecule has 1 heterocycles. The zero-order valence-electron chi connectivity index (χ0n) is 10.4. The van der Waals surface area contributed by atoms with Crippen LogP contribution in [0.3, 0.4) is 0 Å². The Balaban J connectivity index is 1.70. The van der Waals surface area contributed by atoms with E-state index in [1.165, 1.54) is 0 Å². The summed E-state index contributed by atoms with van der Waals surface area (Å²) < 4.78 is 5.44. The second-order valence-corrected chi connectivity index (χ2v) is 4.79. The second-order valence-electron chi connectivity index (χ2n) is 4.79. The minimum Gasteiger partial charge on any atom is -0.423 e. The highest BCUT2D eigenvalue weighted by Crippen LogP contribution is 2.24. The van der Waals surface area contributed by atoms with Crippen molar-refractivity contribution in [1.82, 2.24) is 4.98 Å². The fourth-order valence-corrected chi connectivity index (χ4v) is 2.34. The summed E-state index contributed by atoms with van der Waals surface area (Å²) >= 11 is 0. The molecule has 98 valence electrons. The van der Waals surface area contributed by atoms with Crippen LogP contribution in [-0.4, -0.2) is 16.7 Å². The third-order valence-corrected chi connectivity index (χ3v) is 3.44. The number of ketones is 1. The lowest BCUT2D eigenvalue weighted by molar-refractivity contribution is -0.125. The van der Waals surface area contributed by atoms with Crippen molar-refractivity contribution in [2.24, 2.45) is 5.92 Å². The Hall–Kier alpha value is -2.17. The zero-order valence-corrected chi connectivity index (χ0v) is 10.4. The van der Waals surface area contributed by atoms with Gasteiger partial charge in [-0.05, 0) is 25.0 Å². The van der Waals surface area contributed by atoms with Crippen molar-refractivity contribution in [3.63, 3.8) is 0 Å². The molecule has 1 aromatic carbocycles. The Morgan fingerprint density at radius 3 is 2.74 bits per heavy atom. The molecule has 0 radical (unpaired) electrons. The SMILES string of the molecule is O=C1CCC(C(=O)Nc2nc3ccccc3o2)CC1. The zero-order chi connectivity index (χ0) is 13.2. The van der Waals surface area contributed by atoms with Gasteiger partial charge in [0.1, 0.15) is 11.3 Å². The van der Waals surface area contributed by atoms with Gasteiger partial charge in [0.15, 0.2) is 5.58 Å². The number of Topliss-reactive ketones (excluding diaryl/α,β-unsaturated/α-hetero) is 1. The van der Waals surface area contributed by atoms with Crippen molar-refractivity contribution in [2.75, 3.05) is 5.32 Å². The number of carbonyl (C=O) groups excluding carboxylic acids is 2. The first-order valence-corrected chi connectivity index (χ1v) is 6.40. The van der Waals surface area contributed by atoms with Gasteiger partial charge >= 0.3 is 6.01 Å². The van der Waals surface area contributed by atoms with Gasteiger partial charge in [-0.3, -0.25) is 14.9 Å². The van der Waals surface area contributed by atoms with Crippen LogP contribution in [0.1, 0.15) is 25.7 Å². The summed E-state index contributed by atoms with van der Waals surface area (Å²) in [4.78, 5) is 27.4. The van der Waals surface area contributed by atoms with Gasteiger partial charge < -0.3 is 4.42 Å². The Morgan fingerprint density at radius 1 is 1.26 bits per heavy atom. The van der Waals surface area contributed by atoms with Gasteiger partial charge in [0.2, 0.25) is 5.91 Å². The summed E-state index contributed by atoms with van der Waals surface area (Å²) in [6.07, 6.45) is 2.22. The third kappa shape index (κ3) is 2.50. The maximum Gasteiger partial charge on any atom is 0.302 e. The van der Waals surface area contributed by atoms with Crippen LogP contribution in [0.5, 0.6) is 0 Å². The Bertz CT molecular complexity index is 589. The topological polar surface area (TPSA) is 72.2 Å². The number of benzene rings is 1. The first kappa shape index (κ1) is 11.9. The molecule has 0 atom stereocenters. The summed E-state index contributed by atoms with van der Waals surface area (Å²) in [5.74, 6) is 0.0117. The van der Waals surface area contributed by atoms with Crippen LogP contribution in [0.4, 0.5) is 6.01 Å². The number of oxazole rings is 1. The number of carbonyl (C=O) groups is 2. The Morgan fingerprint density at radius 2 is 2.00 bits per heavy atom. The molecule has 0 aliphatic heterocycles. The van der Waals surface area contributed by atoms with E-state index in [9.17, 15) is 9.59 Å². The lowest BCUT2D eigenvalue weighted by Gasteiger charge is -2.18. The van der Waals surface area contributed by atoms with Gasteiger partial charge in [-0.2, -0.15) is 4.98 Å². The second kappa shape index (κ2) is 4.84. The lowest BCUT2D eigenvalue weighted by Crippen LogP contribution is -2.27. The van der Waals surface area contributed by atoms with Gasteiger partial charge in [-0.15, -0.1) is 0 Å². The Labute approximate surface area is 110 Å². The van der Waals surface area contributed by atoms with Gasteiger partial charge in [0.05, 0.1) is 0 Å². The van der Waals surface area contributed by atoms with E-state index in [1.807, 2.05) is 18.2 Å². The number of anilines is 1. The van der Waals surface area contributed by atoms with Crippen LogP contribution >= 0.6 is 0 Å². The molecular formula is C14H14N2O3. The minimum absolute atomic E-state index is 0.112. The fourth-order valence-electron chi connectivity index (χ4n) is 2.34. The maximum absolute atomic E-state index is 12.0. The summed E-state index contributed by atoms with van der Waals surface area (Å²) in [7, 11) is 0. The van der Waals surface area contributed by atoms with E-state index >= 15 is 0 Å². The lowest BCUT2D eigenvalue weighted by atomic mass is 9.88. The predicted octanol–water partition coefficient (Wildman–Crippen LogP) is 2.53. The molecule has 0 saturated heterocycles. The van der Waals surface area contributed by atoms with E-state index in [0.29, 0.717) is 31.3 Å². The van der Waals surface area contributed by atoms with E-state index in [0.717, 1.165) is 5.52 Å². The minimum atomic E-state index is -0.118. The molecule has 1 fully saturated rings. The van der Waals surface area contributed by atoms with Crippen LogP contribution in [0, 0.1) is 5.92 Å². The van der Waals surface area contributed by atoms with Crippen molar-refractivity contribution in [3.8, 4) is 0 Å². The Kier molecular flexibility index (Phi) is 3.03. The van der Waals surface area contributed by atoms with Crippen molar-refractivity contribution in [1.29, 1.82) is 0 Å². The van der Waals surface area contributed by atoms with Crippen molar-refractivity contribution < 1.29 is 14.0 Å². The standard InChI is InChI=1S/C14H14N2O3/c17-10-7-5-9(6-8-10)13(18)16-14-15-11-3-1-2-4-12(11)19-14/h1-4,9H,5-8H2,(H,15,16,18). The molecule has 2 aromatic rings. The van der Waals surface area contributed by atoms with Crippen LogP contribution in [0.2, 0.25) is 0 Å². The highest BCUT2D eigenvalue weighted by atomic mass is 16.4. The maximum atomic E-state index is 12.0. The van der Waals surface area contributed by atoms with Crippen LogP contribution in [0.25, 0.3) is 11.1 Å². The van der Waals surface area contributed by atoms with E-state index < -0.39 is 0 Å². The summed E-state index contributed by atoms with van der Waals surface area (Å²) in [6, 6.07) is 7.57. The van der Waals surface area contributed by atoms with E-state index in [-0.39, 0.29) is 23.6 Å². The van der Waals surface area contributed by atoms with Crippen LogP contribution < -0.4 is 5.32 Å². The molecule has 1 amide bonds. The number of aromatic nitrogens is 1. The fraction of sp³-hybridized carbons (Fsp3) is 0.357. The van der Waals surface area contributed by atoms with Gasteiger partial charge in [-0.1, -0.05) is 12.1 Å². The average molecular weight is 258 g/mol. The molecule has 5 heteroatoms. The third-order valence-electron chi connectivity index (χ3n) is 3.44. The summed E-state index contributed by atoms with van der Waals surface area (Å²) in [5.41, 5.74) is 1.37. The van der Waals surface area contributed by atoms with Gasteiger partial charge in [0, 0.05) is 18.8 Å². The van der Waals surface area contributed by atoms with Gasteiger partial charge in [-0.25, -0.2) is 0 Å². The molecule has 1 saturated carbocycles. The number of para-hydroxylation sites is 2. The molecule has 1 aliphatic carbocycles. The van der Waals surface area contributed by atoms with E-state index in [2.05, 4.69) is 10.3 Å². The first-order chi connectivity index (χ1) is 9.22. The number of nitrogens with zero attached hydrogens (tertiary/aromatic N) is 1. The summed E-state index contributed by atoms with van der Waals surface area (Å²) in [5, 5.41) is 2.69. The number of rotatable bonds is 2. The van der Waals surface area contributed by atoms with E-state index in [4.69, 9.17) is 4.42 Å². The predicted molar refractivity (Wildman–Crippen MR) is 69.6 cm³/mol. The monoisotopic (exact) mass is 258 g/mol. The number of fused-ring (bicyclic) bond motifs is 1. The molecule has 19 heavy (non-hydrogen) atoms. The molecule has 1 aromatic heterocycles. The first-order valence-electron chi connectivity index (χ1n) is 6.40. The van der Waals surface area contributed by atoms with Crippen molar-refractivity contribution >= 4 is 28.8 Å². The van der Waals surface area contributed by atoms with Crippen molar-refractivity contribution in [3.05, 3.63) is 24.3 Å². The highest BCUT2D eigenvalue weighted by Gasteiger charge is 2.25. The molecule has 0 spiro atoms. The van der Waals surface area contributed by atoms with Crippen molar-refractivity contribution in [2.45, 2.75) is 25.7 Å². The molecule has 0 unspecified atom stereocenters. The molecule has 1 N–H and O–H groups in total. The molecule has 5 nitrogen and oxygen atoms in total. The molecule has 0 bridgehead atoms. The molecular weight excluding hydrogens is 244 g/mol. The quantitative estimate of drug-likeness (QED) is 0.898. The molecule has 1 aliphatic rings. The number of nitrogens with one attached hydrogen (secondary N) is 1. The van der Waals surface area contributed by atoms with Crippen LogP contribution in [-0.2, 0) is 9.59 Å². The average Bonchev–Trinajstić information content (AvgIpc) is 2.81. The number of hydrogen-bond donors (Lipinski definition) is 1. The van der Waals surface area contributed by atoms with E-state index in [1.54, 1.807) is 6.07 Å². The summed E-state index contributed by atoms with van der Waals surface area (Å²) in [6.45, 7) is 0. The normalized spacial score (nSPS) is 16.7.